The molecule has 0 saturated heterocycles. The first kappa shape index (κ1) is 18.0. The van der Waals surface area contributed by atoms with Crippen LogP contribution in [-0.2, 0) is 16.0 Å². The third-order valence-corrected chi connectivity index (χ3v) is 6.08. The zero-order valence-corrected chi connectivity index (χ0v) is 16.4. The summed E-state index contributed by atoms with van der Waals surface area (Å²) in [7, 11) is 0. The molecule has 29 heavy (non-hydrogen) atoms. The predicted molar refractivity (Wildman–Crippen MR) is 109 cm³/mol. The Balaban J connectivity index is 1.60. The highest BCUT2D eigenvalue weighted by Gasteiger charge is 2.40. The van der Waals surface area contributed by atoms with Crippen LogP contribution in [0.25, 0.3) is 0 Å². The fraction of sp³-hybridized carbons (Fsp3) is 0.333. The first-order chi connectivity index (χ1) is 14.2. The second-order valence-corrected chi connectivity index (χ2v) is 7.76. The van der Waals surface area contributed by atoms with Crippen molar-refractivity contribution in [1.29, 1.82) is 0 Å². The van der Waals surface area contributed by atoms with Crippen molar-refractivity contribution in [2.24, 2.45) is 0 Å². The third kappa shape index (κ3) is 3.01. The summed E-state index contributed by atoms with van der Waals surface area (Å²) in [6.07, 6.45) is 3.29. The van der Waals surface area contributed by atoms with Crippen LogP contribution in [0.3, 0.4) is 0 Å². The molecular formula is C24H23NO4. The van der Waals surface area contributed by atoms with Gasteiger partial charge in [0.1, 0.15) is 0 Å². The lowest BCUT2D eigenvalue weighted by Gasteiger charge is -2.38. The lowest BCUT2D eigenvalue weighted by molar-refractivity contribution is -0.119. The van der Waals surface area contributed by atoms with Crippen molar-refractivity contribution in [2.75, 3.05) is 11.7 Å². The van der Waals surface area contributed by atoms with Gasteiger partial charge in [-0.15, -0.1) is 0 Å². The van der Waals surface area contributed by atoms with Gasteiger partial charge in [0.25, 0.3) is 0 Å². The Hall–Kier alpha value is -3.08. The fourth-order valence-corrected chi connectivity index (χ4v) is 4.59. The lowest BCUT2D eigenvalue weighted by atomic mass is 9.77. The van der Waals surface area contributed by atoms with Gasteiger partial charge in [0.05, 0.1) is 0 Å². The topological polar surface area (TPSA) is 55.8 Å². The van der Waals surface area contributed by atoms with Gasteiger partial charge < -0.3 is 9.47 Å². The molecule has 5 nitrogen and oxygen atoms in total. The maximum Gasteiger partial charge on any atom is 0.232 e. The van der Waals surface area contributed by atoms with Gasteiger partial charge in [-0.25, -0.2) is 0 Å². The second kappa shape index (κ2) is 7.07. The van der Waals surface area contributed by atoms with E-state index in [1.807, 2.05) is 30.3 Å². The van der Waals surface area contributed by atoms with E-state index in [4.69, 9.17) is 9.47 Å². The molecule has 3 aliphatic rings. The molecule has 2 aliphatic heterocycles. The van der Waals surface area contributed by atoms with Crippen LogP contribution >= 0.6 is 0 Å². The van der Waals surface area contributed by atoms with Gasteiger partial charge in [0, 0.05) is 35.7 Å². The minimum absolute atomic E-state index is 0.0327. The number of allylic oxidation sites excluding steroid dienone is 2. The van der Waals surface area contributed by atoms with Crippen LogP contribution in [0.2, 0.25) is 0 Å². The Kier molecular flexibility index (Phi) is 4.38. The number of carbonyl (C=O) groups is 2. The average molecular weight is 389 g/mol. The molecule has 5 heteroatoms. The highest BCUT2D eigenvalue weighted by Crippen LogP contribution is 2.45. The summed E-state index contributed by atoms with van der Waals surface area (Å²) in [6.45, 7) is 2.31. The van der Waals surface area contributed by atoms with Crippen molar-refractivity contribution >= 4 is 17.4 Å². The molecule has 2 aromatic rings. The predicted octanol–water partition coefficient (Wildman–Crippen LogP) is 4.51. The molecule has 148 valence electrons. The Morgan fingerprint density at radius 2 is 1.79 bits per heavy atom. The van der Waals surface area contributed by atoms with Gasteiger partial charge >= 0.3 is 0 Å². The Morgan fingerprint density at radius 1 is 1.00 bits per heavy atom. The SMILES string of the molecule is CCc1ccc(N2C(=O)CC(c3ccc4c(c3)OCO4)C3=C2CCCC3=O)cc1. The van der Waals surface area contributed by atoms with E-state index in [9.17, 15) is 9.59 Å². The van der Waals surface area contributed by atoms with Crippen molar-refractivity contribution in [3.63, 3.8) is 0 Å². The molecule has 0 spiro atoms. The number of rotatable bonds is 3. The molecule has 2 aromatic carbocycles. The summed E-state index contributed by atoms with van der Waals surface area (Å²) in [4.78, 5) is 28.0. The van der Waals surface area contributed by atoms with Gasteiger partial charge in [-0.05, 0) is 54.7 Å². The van der Waals surface area contributed by atoms with Crippen LogP contribution in [-0.4, -0.2) is 18.5 Å². The summed E-state index contributed by atoms with van der Waals surface area (Å²) in [6, 6.07) is 13.8. The van der Waals surface area contributed by atoms with Crippen molar-refractivity contribution in [3.8, 4) is 11.5 Å². The van der Waals surface area contributed by atoms with Gasteiger partial charge in [-0.2, -0.15) is 0 Å². The smallest absolute Gasteiger partial charge is 0.232 e. The first-order valence-electron chi connectivity index (χ1n) is 10.2. The average Bonchev–Trinajstić information content (AvgIpc) is 3.21. The van der Waals surface area contributed by atoms with E-state index < -0.39 is 0 Å². The summed E-state index contributed by atoms with van der Waals surface area (Å²) >= 11 is 0. The number of ketones is 1. The minimum Gasteiger partial charge on any atom is -0.454 e. The van der Waals surface area contributed by atoms with Crippen LogP contribution in [0.5, 0.6) is 11.5 Å². The molecule has 0 fully saturated rings. The molecule has 1 amide bonds. The van der Waals surface area contributed by atoms with Crippen LogP contribution in [0.15, 0.2) is 53.7 Å². The van der Waals surface area contributed by atoms with Crippen LogP contribution in [0.4, 0.5) is 5.69 Å². The molecule has 0 aromatic heterocycles. The first-order valence-corrected chi connectivity index (χ1v) is 10.2. The second-order valence-electron chi connectivity index (χ2n) is 7.76. The van der Waals surface area contributed by atoms with Gasteiger partial charge in [0.2, 0.25) is 12.7 Å². The normalized spacial score (nSPS) is 20.9. The Labute approximate surface area is 169 Å². The Morgan fingerprint density at radius 3 is 2.59 bits per heavy atom. The number of ether oxygens (including phenoxy) is 2. The number of hydrogen-bond donors (Lipinski definition) is 0. The highest BCUT2D eigenvalue weighted by molar-refractivity contribution is 6.07. The number of anilines is 1. The number of fused-ring (bicyclic) bond motifs is 1. The highest BCUT2D eigenvalue weighted by atomic mass is 16.7. The number of Topliss-reactive ketones (excluding diaryl/α,β-unsaturated/α-hetero) is 1. The molecule has 1 atom stereocenters. The Bertz CT molecular complexity index is 1020. The largest absolute Gasteiger partial charge is 0.454 e. The number of aryl methyl sites for hydroxylation is 1. The van der Waals surface area contributed by atoms with Crippen molar-refractivity contribution in [1.82, 2.24) is 0 Å². The maximum absolute atomic E-state index is 13.3. The number of carbonyl (C=O) groups excluding carboxylic acids is 2. The van der Waals surface area contributed by atoms with E-state index in [0.717, 1.165) is 41.8 Å². The summed E-state index contributed by atoms with van der Waals surface area (Å²) in [5.41, 5.74) is 4.66. The number of benzene rings is 2. The monoisotopic (exact) mass is 389 g/mol. The van der Waals surface area contributed by atoms with E-state index in [1.165, 1.54) is 5.56 Å². The molecular weight excluding hydrogens is 366 g/mol. The van der Waals surface area contributed by atoms with Crippen molar-refractivity contribution in [3.05, 3.63) is 64.9 Å². The van der Waals surface area contributed by atoms with Crippen LogP contribution < -0.4 is 14.4 Å². The van der Waals surface area contributed by atoms with E-state index in [-0.39, 0.29) is 30.8 Å². The van der Waals surface area contributed by atoms with Gasteiger partial charge in [-0.3, -0.25) is 14.5 Å². The van der Waals surface area contributed by atoms with Crippen molar-refractivity contribution in [2.45, 2.75) is 44.9 Å². The molecule has 1 unspecified atom stereocenters. The molecule has 2 heterocycles. The van der Waals surface area contributed by atoms with E-state index in [0.29, 0.717) is 17.9 Å². The molecule has 0 radical (unpaired) electrons. The zero-order chi connectivity index (χ0) is 20.0. The van der Waals surface area contributed by atoms with Gasteiger partial charge in [-0.1, -0.05) is 25.1 Å². The number of hydrogen-bond acceptors (Lipinski definition) is 4. The molecule has 0 saturated carbocycles. The van der Waals surface area contributed by atoms with Crippen LogP contribution in [0, 0.1) is 0 Å². The zero-order valence-electron chi connectivity index (χ0n) is 16.4. The minimum atomic E-state index is -0.231. The van der Waals surface area contributed by atoms with E-state index in [2.05, 4.69) is 19.1 Å². The quantitative estimate of drug-likeness (QED) is 0.775. The van der Waals surface area contributed by atoms with E-state index >= 15 is 0 Å². The summed E-state index contributed by atoms with van der Waals surface area (Å²) in [5, 5.41) is 0. The summed E-state index contributed by atoms with van der Waals surface area (Å²) in [5.74, 6) is 1.34. The molecule has 5 rings (SSSR count). The van der Waals surface area contributed by atoms with E-state index in [1.54, 1.807) is 4.90 Å². The molecule has 0 bridgehead atoms. The molecule has 0 N–H and O–H groups in total. The number of amides is 1. The van der Waals surface area contributed by atoms with Crippen molar-refractivity contribution < 1.29 is 19.1 Å². The maximum atomic E-state index is 13.3. The fourth-order valence-electron chi connectivity index (χ4n) is 4.59. The third-order valence-electron chi connectivity index (χ3n) is 6.08. The molecule has 1 aliphatic carbocycles. The van der Waals surface area contributed by atoms with Gasteiger partial charge in [0.15, 0.2) is 17.3 Å². The number of nitrogens with zero attached hydrogens (tertiary/aromatic N) is 1. The summed E-state index contributed by atoms with van der Waals surface area (Å²) < 4.78 is 10.9. The standard InChI is InChI=1S/C24H23NO4/c1-2-15-6-9-17(10-7-15)25-19-4-3-5-20(26)24(19)18(13-23(25)27)16-8-11-21-22(12-16)29-14-28-21/h6-12,18H,2-5,13-14H2,1H3. The van der Waals surface area contributed by atoms with Crippen LogP contribution in [0.1, 0.15) is 49.7 Å². The lowest BCUT2D eigenvalue weighted by Crippen LogP contribution is -2.40.